The summed E-state index contributed by atoms with van der Waals surface area (Å²) in [6.45, 7) is 1.19. The first-order chi connectivity index (χ1) is 12.5. The molecule has 3 N–H and O–H groups in total. The minimum atomic E-state index is -1.17. The third-order valence-electron chi connectivity index (χ3n) is 5.19. The van der Waals surface area contributed by atoms with Crippen LogP contribution in [0.4, 0.5) is 0 Å². The minimum Gasteiger partial charge on any atom is -0.394 e. The van der Waals surface area contributed by atoms with Crippen molar-refractivity contribution in [3.8, 4) is 0 Å². The van der Waals surface area contributed by atoms with Crippen LogP contribution >= 0.6 is 0 Å². The summed E-state index contributed by atoms with van der Waals surface area (Å²) in [4.78, 5) is 25.8. The molecule has 2 fully saturated rings. The summed E-state index contributed by atoms with van der Waals surface area (Å²) in [5, 5.41) is 20.4. The fraction of sp³-hybridized carbons (Fsp3) is 0.765. The standard InChI is InChI=1S/C17H26N2O7/c1-9-7-19(17(23)18-15(9)22)16-13(21)14(12(8-20)26-16)25-11-6-4-3-5-10(11)24-2/h7,10-14,16,20-21H,3-6,8H2,1-2H3,(H,18,22,23)/t10?,11?,12-,13?,14?,16-/m0/s1. The van der Waals surface area contributed by atoms with Gasteiger partial charge < -0.3 is 24.4 Å². The van der Waals surface area contributed by atoms with E-state index in [1.807, 2.05) is 0 Å². The SMILES string of the molecule is COC1CCCCC1OC1C(O)[C@@H](n2cc(C)c(=O)[nH]c2=O)O[C@H]1CO. The zero-order chi connectivity index (χ0) is 18.8. The Kier molecular flexibility index (Phi) is 5.93. The summed E-state index contributed by atoms with van der Waals surface area (Å²) in [6, 6.07) is 0. The number of hydrogen-bond donors (Lipinski definition) is 3. The highest BCUT2D eigenvalue weighted by Crippen LogP contribution is 2.34. The lowest BCUT2D eigenvalue weighted by Gasteiger charge is -2.34. The van der Waals surface area contributed by atoms with E-state index in [-0.39, 0.29) is 18.8 Å². The Balaban J connectivity index is 1.83. The van der Waals surface area contributed by atoms with Crippen LogP contribution in [0.2, 0.25) is 0 Å². The molecule has 0 bridgehead atoms. The monoisotopic (exact) mass is 370 g/mol. The number of aliphatic hydroxyl groups excluding tert-OH is 2. The molecule has 0 aromatic carbocycles. The lowest BCUT2D eigenvalue weighted by Crippen LogP contribution is -2.45. The van der Waals surface area contributed by atoms with Gasteiger partial charge in [0, 0.05) is 18.9 Å². The van der Waals surface area contributed by atoms with Gasteiger partial charge in [0.1, 0.15) is 18.3 Å². The first-order valence-electron chi connectivity index (χ1n) is 8.91. The summed E-state index contributed by atoms with van der Waals surface area (Å²) in [5.41, 5.74) is -0.859. The first-order valence-corrected chi connectivity index (χ1v) is 8.91. The van der Waals surface area contributed by atoms with Gasteiger partial charge in [-0.25, -0.2) is 4.79 Å². The normalized spacial score (nSPS) is 34.9. The van der Waals surface area contributed by atoms with Crippen molar-refractivity contribution in [1.82, 2.24) is 9.55 Å². The number of nitrogens with zero attached hydrogens (tertiary/aromatic N) is 1. The van der Waals surface area contributed by atoms with Crippen molar-refractivity contribution in [1.29, 1.82) is 0 Å². The molecule has 1 saturated carbocycles. The zero-order valence-electron chi connectivity index (χ0n) is 15.0. The van der Waals surface area contributed by atoms with Gasteiger partial charge in [0.2, 0.25) is 0 Å². The molecule has 2 aliphatic rings. The van der Waals surface area contributed by atoms with Crippen LogP contribution in [0.3, 0.4) is 0 Å². The highest BCUT2D eigenvalue weighted by atomic mass is 16.6. The number of rotatable bonds is 5. The third-order valence-corrected chi connectivity index (χ3v) is 5.19. The molecule has 0 spiro atoms. The molecular formula is C17H26N2O7. The maximum Gasteiger partial charge on any atom is 0.330 e. The quantitative estimate of drug-likeness (QED) is 0.635. The van der Waals surface area contributed by atoms with Gasteiger partial charge in [-0.15, -0.1) is 0 Å². The summed E-state index contributed by atoms with van der Waals surface area (Å²) < 4.78 is 18.4. The van der Waals surface area contributed by atoms with Gasteiger partial charge in [0.05, 0.1) is 18.8 Å². The Labute approximate surface area is 150 Å². The largest absolute Gasteiger partial charge is 0.394 e. The molecule has 6 atom stereocenters. The van der Waals surface area contributed by atoms with Crippen LogP contribution in [0, 0.1) is 6.92 Å². The maximum atomic E-state index is 12.1. The lowest BCUT2D eigenvalue weighted by atomic mass is 9.94. The third kappa shape index (κ3) is 3.63. The van der Waals surface area contributed by atoms with Crippen LogP contribution in [0.25, 0.3) is 0 Å². The van der Waals surface area contributed by atoms with E-state index in [1.54, 1.807) is 14.0 Å². The Morgan fingerprint density at radius 2 is 2.00 bits per heavy atom. The second-order valence-electron chi connectivity index (χ2n) is 6.91. The predicted octanol–water partition coefficient (Wildman–Crippen LogP) is -0.562. The van der Waals surface area contributed by atoms with E-state index in [0.29, 0.717) is 5.56 Å². The Bertz CT molecular complexity index is 731. The molecule has 1 aromatic heterocycles. The van der Waals surface area contributed by atoms with Crippen molar-refractivity contribution in [2.75, 3.05) is 13.7 Å². The molecular weight excluding hydrogens is 344 g/mol. The van der Waals surface area contributed by atoms with Crippen LogP contribution in [0.5, 0.6) is 0 Å². The average molecular weight is 370 g/mol. The average Bonchev–Trinajstić information content (AvgIpc) is 2.94. The van der Waals surface area contributed by atoms with Gasteiger partial charge in [-0.1, -0.05) is 12.8 Å². The number of H-pyrrole nitrogens is 1. The number of aliphatic hydroxyl groups is 2. The number of aromatic nitrogens is 2. The molecule has 3 rings (SSSR count). The Morgan fingerprint density at radius 1 is 1.31 bits per heavy atom. The van der Waals surface area contributed by atoms with E-state index in [0.717, 1.165) is 30.3 Å². The van der Waals surface area contributed by atoms with E-state index in [9.17, 15) is 19.8 Å². The molecule has 1 aliphatic heterocycles. The summed E-state index contributed by atoms with van der Waals surface area (Å²) in [7, 11) is 1.63. The topological polar surface area (TPSA) is 123 Å². The van der Waals surface area contributed by atoms with Gasteiger partial charge in [0.15, 0.2) is 6.23 Å². The van der Waals surface area contributed by atoms with Crippen LogP contribution in [-0.4, -0.2) is 64.0 Å². The molecule has 9 nitrogen and oxygen atoms in total. The van der Waals surface area contributed by atoms with Gasteiger partial charge >= 0.3 is 5.69 Å². The van der Waals surface area contributed by atoms with Crippen molar-refractivity contribution < 1.29 is 24.4 Å². The van der Waals surface area contributed by atoms with E-state index in [2.05, 4.69) is 4.98 Å². The Hall–Kier alpha value is -1.52. The molecule has 26 heavy (non-hydrogen) atoms. The van der Waals surface area contributed by atoms with E-state index < -0.39 is 35.8 Å². The van der Waals surface area contributed by atoms with Crippen LogP contribution < -0.4 is 11.2 Å². The van der Waals surface area contributed by atoms with E-state index >= 15 is 0 Å². The van der Waals surface area contributed by atoms with Crippen molar-refractivity contribution in [3.63, 3.8) is 0 Å². The molecule has 2 heterocycles. The minimum absolute atomic E-state index is 0.0765. The number of aromatic amines is 1. The Morgan fingerprint density at radius 3 is 2.65 bits per heavy atom. The van der Waals surface area contributed by atoms with Crippen molar-refractivity contribution in [2.45, 2.75) is 69.4 Å². The van der Waals surface area contributed by atoms with Gasteiger partial charge in [0.25, 0.3) is 5.56 Å². The molecule has 1 aromatic rings. The fourth-order valence-electron chi connectivity index (χ4n) is 3.73. The van der Waals surface area contributed by atoms with Crippen LogP contribution in [-0.2, 0) is 14.2 Å². The maximum absolute atomic E-state index is 12.1. The number of ether oxygens (including phenoxy) is 3. The number of aryl methyl sites for hydroxylation is 1. The molecule has 1 aliphatic carbocycles. The van der Waals surface area contributed by atoms with Gasteiger partial charge in [-0.2, -0.15) is 0 Å². The van der Waals surface area contributed by atoms with Crippen molar-refractivity contribution in [2.24, 2.45) is 0 Å². The number of methoxy groups -OCH3 is 1. The summed E-state index contributed by atoms with van der Waals surface area (Å²) >= 11 is 0. The molecule has 4 unspecified atom stereocenters. The van der Waals surface area contributed by atoms with Crippen molar-refractivity contribution >= 4 is 0 Å². The highest BCUT2D eigenvalue weighted by molar-refractivity contribution is 5.03. The van der Waals surface area contributed by atoms with Gasteiger partial charge in [-0.05, 0) is 19.8 Å². The molecule has 9 heteroatoms. The second-order valence-corrected chi connectivity index (χ2v) is 6.91. The van der Waals surface area contributed by atoms with Crippen molar-refractivity contribution in [3.05, 3.63) is 32.6 Å². The van der Waals surface area contributed by atoms with Gasteiger partial charge in [-0.3, -0.25) is 14.3 Å². The second kappa shape index (κ2) is 8.01. The molecule has 0 radical (unpaired) electrons. The zero-order valence-corrected chi connectivity index (χ0v) is 15.0. The predicted molar refractivity (Wildman–Crippen MR) is 91.0 cm³/mol. The molecule has 1 saturated heterocycles. The molecule has 0 amide bonds. The van der Waals surface area contributed by atoms with E-state index in [4.69, 9.17) is 14.2 Å². The number of hydrogen-bond acceptors (Lipinski definition) is 7. The highest BCUT2D eigenvalue weighted by Gasteiger charge is 2.47. The summed E-state index contributed by atoms with van der Waals surface area (Å²) in [6.07, 6.45) is 0.966. The first kappa shape index (κ1) is 19.2. The lowest BCUT2D eigenvalue weighted by molar-refractivity contribution is -0.142. The summed E-state index contributed by atoms with van der Waals surface area (Å²) in [5.74, 6) is 0. The smallest absolute Gasteiger partial charge is 0.330 e. The fourth-order valence-corrected chi connectivity index (χ4v) is 3.73. The van der Waals surface area contributed by atoms with Crippen LogP contribution in [0.1, 0.15) is 37.5 Å². The van der Waals surface area contributed by atoms with Crippen LogP contribution in [0.15, 0.2) is 15.8 Å². The van der Waals surface area contributed by atoms with E-state index in [1.165, 1.54) is 6.20 Å². The number of nitrogens with one attached hydrogen (secondary N) is 1. The molecule has 146 valence electrons.